The number of anilines is 1. The number of hydrogen-bond acceptors (Lipinski definition) is 2. The van der Waals surface area contributed by atoms with Crippen molar-refractivity contribution in [1.82, 2.24) is 0 Å². The van der Waals surface area contributed by atoms with Gasteiger partial charge < -0.3 is 4.74 Å². The van der Waals surface area contributed by atoms with Gasteiger partial charge in [0, 0.05) is 3.57 Å². The predicted octanol–water partition coefficient (Wildman–Crippen LogP) is 3.40. The van der Waals surface area contributed by atoms with Gasteiger partial charge in [-0.2, -0.15) is 13.2 Å². The molecule has 1 rings (SSSR count). The van der Waals surface area contributed by atoms with Crippen molar-refractivity contribution in [3.63, 3.8) is 0 Å². The fraction of sp³-hybridized carbons (Fsp3) is 0.222. The van der Waals surface area contributed by atoms with Crippen LogP contribution in [0, 0.1) is 3.57 Å². The minimum atomic E-state index is -4.51. The van der Waals surface area contributed by atoms with Crippen molar-refractivity contribution in [2.45, 2.75) is 6.18 Å². The van der Waals surface area contributed by atoms with Gasteiger partial charge in [0.15, 0.2) is 6.61 Å². The van der Waals surface area contributed by atoms with Crippen molar-refractivity contribution >= 4 is 34.4 Å². The molecule has 1 N–H and O–H groups in total. The molecule has 0 atom stereocenters. The molecule has 0 heterocycles. The van der Waals surface area contributed by atoms with Crippen LogP contribution < -0.4 is 5.32 Å². The average molecular weight is 345 g/mol. The van der Waals surface area contributed by atoms with Gasteiger partial charge in [-0.1, -0.05) is 12.1 Å². The first-order valence-electron chi connectivity index (χ1n) is 4.13. The van der Waals surface area contributed by atoms with Crippen LogP contribution in [-0.2, 0) is 4.74 Å². The highest BCUT2D eigenvalue weighted by atomic mass is 127. The Kier molecular flexibility index (Phi) is 4.39. The van der Waals surface area contributed by atoms with Gasteiger partial charge in [0.1, 0.15) is 0 Å². The molecule has 0 radical (unpaired) electrons. The van der Waals surface area contributed by atoms with Gasteiger partial charge in [-0.25, -0.2) is 4.79 Å². The van der Waals surface area contributed by atoms with Gasteiger partial charge in [-0.15, -0.1) is 0 Å². The van der Waals surface area contributed by atoms with E-state index in [4.69, 9.17) is 0 Å². The Balaban J connectivity index is 2.50. The third kappa shape index (κ3) is 4.69. The Bertz CT molecular complexity index is 381. The number of para-hydroxylation sites is 1. The van der Waals surface area contributed by atoms with Gasteiger partial charge in [0.2, 0.25) is 0 Å². The van der Waals surface area contributed by atoms with E-state index in [9.17, 15) is 18.0 Å². The second kappa shape index (κ2) is 5.37. The number of benzene rings is 1. The fourth-order valence-corrected chi connectivity index (χ4v) is 1.38. The molecular formula is C9H7F3INO2. The Morgan fingerprint density at radius 2 is 2.00 bits per heavy atom. The highest BCUT2D eigenvalue weighted by molar-refractivity contribution is 14.1. The Morgan fingerprint density at radius 1 is 1.38 bits per heavy atom. The first-order chi connectivity index (χ1) is 7.38. The molecule has 1 amide bonds. The third-order valence-electron chi connectivity index (χ3n) is 1.48. The maximum Gasteiger partial charge on any atom is 0.422 e. The molecule has 0 unspecified atom stereocenters. The van der Waals surface area contributed by atoms with Crippen LogP contribution in [0.15, 0.2) is 24.3 Å². The molecule has 88 valence electrons. The number of ether oxygens (including phenoxy) is 1. The highest BCUT2D eigenvalue weighted by Crippen LogP contribution is 2.18. The first-order valence-corrected chi connectivity index (χ1v) is 5.21. The van der Waals surface area contributed by atoms with Crippen molar-refractivity contribution in [1.29, 1.82) is 0 Å². The van der Waals surface area contributed by atoms with Gasteiger partial charge in [-0.3, -0.25) is 5.32 Å². The molecule has 0 saturated heterocycles. The Morgan fingerprint density at radius 3 is 2.56 bits per heavy atom. The zero-order valence-electron chi connectivity index (χ0n) is 7.84. The molecule has 0 spiro atoms. The molecular weight excluding hydrogens is 338 g/mol. The van der Waals surface area contributed by atoms with E-state index in [-0.39, 0.29) is 0 Å². The van der Waals surface area contributed by atoms with Crippen LogP contribution in [-0.4, -0.2) is 18.9 Å². The summed E-state index contributed by atoms with van der Waals surface area (Å²) >= 11 is 1.95. The van der Waals surface area contributed by atoms with Crippen molar-refractivity contribution in [2.24, 2.45) is 0 Å². The van der Waals surface area contributed by atoms with E-state index in [1.165, 1.54) is 0 Å². The minimum Gasteiger partial charge on any atom is -0.440 e. The first kappa shape index (κ1) is 13.1. The van der Waals surface area contributed by atoms with E-state index in [0.717, 1.165) is 0 Å². The Labute approximate surface area is 103 Å². The number of rotatable bonds is 2. The van der Waals surface area contributed by atoms with Crippen molar-refractivity contribution in [3.8, 4) is 0 Å². The van der Waals surface area contributed by atoms with E-state index in [0.29, 0.717) is 9.26 Å². The minimum absolute atomic E-state index is 0.412. The van der Waals surface area contributed by atoms with E-state index in [2.05, 4.69) is 10.1 Å². The van der Waals surface area contributed by atoms with E-state index in [1.807, 2.05) is 22.6 Å². The normalized spacial score (nSPS) is 11.0. The second-order valence-corrected chi connectivity index (χ2v) is 3.96. The fourth-order valence-electron chi connectivity index (χ4n) is 0.856. The molecule has 1 aromatic carbocycles. The van der Waals surface area contributed by atoms with E-state index < -0.39 is 18.9 Å². The molecule has 0 aliphatic rings. The summed E-state index contributed by atoms with van der Waals surface area (Å²) in [5.41, 5.74) is 0.412. The molecule has 0 aliphatic heterocycles. The van der Waals surface area contributed by atoms with E-state index in [1.54, 1.807) is 24.3 Å². The molecule has 3 nitrogen and oxygen atoms in total. The molecule has 16 heavy (non-hydrogen) atoms. The zero-order valence-corrected chi connectivity index (χ0v) is 10.0. The standard InChI is InChI=1S/C9H7F3INO2/c10-9(11,12)5-16-8(15)14-7-4-2-1-3-6(7)13/h1-4H,5H2,(H,14,15). The van der Waals surface area contributed by atoms with Crippen LogP contribution >= 0.6 is 22.6 Å². The smallest absolute Gasteiger partial charge is 0.422 e. The summed E-state index contributed by atoms with van der Waals surface area (Å²) in [7, 11) is 0. The molecule has 0 fully saturated rings. The zero-order chi connectivity index (χ0) is 12.2. The molecule has 0 saturated carbocycles. The van der Waals surface area contributed by atoms with Crippen LogP contribution in [0.3, 0.4) is 0 Å². The highest BCUT2D eigenvalue weighted by Gasteiger charge is 2.29. The summed E-state index contributed by atoms with van der Waals surface area (Å²) < 4.78 is 39.9. The average Bonchev–Trinajstić information content (AvgIpc) is 2.18. The lowest BCUT2D eigenvalue weighted by Gasteiger charge is -2.09. The van der Waals surface area contributed by atoms with Crippen LogP contribution in [0.4, 0.5) is 23.7 Å². The maximum atomic E-state index is 11.7. The van der Waals surface area contributed by atoms with E-state index >= 15 is 0 Å². The van der Waals surface area contributed by atoms with Gasteiger partial charge in [0.25, 0.3) is 0 Å². The van der Waals surface area contributed by atoms with Crippen molar-refractivity contribution < 1.29 is 22.7 Å². The monoisotopic (exact) mass is 345 g/mol. The van der Waals surface area contributed by atoms with Crippen LogP contribution in [0.2, 0.25) is 0 Å². The summed E-state index contributed by atoms with van der Waals surface area (Å²) in [6.07, 6.45) is -5.64. The molecule has 0 aliphatic carbocycles. The lowest BCUT2D eigenvalue weighted by atomic mass is 10.3. The van der Waals surface area contributed by atoms with Crippen molar-refractivity contribution in [3.05, 3.63) is 27.8 Å². The number of alkyl halides is 3. The van der Waals surface area contributed by atoms with Gasteiger partial charge in [0.05, 0.1) is 5.69 Å². The largest absolute Gasteiger partial charge is 0.440 e. The van der Waals surface area contributed by atoms with Crippen LogP contribution in [0.5, 0.6) is 0 Å². The Hall–Kier alpha value is -0.990. The predicted molar refractivity (Wildman–Crippen MR) is 60.2 cm³/mol. The number of halogens is 4. The summed E-state index contributed by atoms with van der Waals surface area (Å²) in [6.45, 7) is -1.59. The summed E-state index contributed by atoms with van der Waals surface area (Å²) in [4.78, 5) is 11.0. The van der Waals surface area contributed by atoms with Crippen LogP contribution in [0.1, 0.15) is 0 Å². The van der Waals surface area contributed by atoms with Crippen LogP contribution in [0.25, 0.3) is 0 Å². The third-order valence-corrected chi connectivity index (χ3v) is 2.42. The number of carbonyl (C=O) groups is 1. The maximum absolute atomic E-state index is 11.7. The lowest BCUT2D eigenvalue weighted by Crippen LogP contribution is -2.23. The summed E-state index contributed by atoms with van der Waals surface area (Å²) in [5.74, 6) is 0. The topological polar surface area (TPSA) is 38.3 Å². The summed E-state index contributed by atoms with van der Waals surface area (Å²) in [6, 6.07) is 6.67. The summed E-state index contributed by atoms with van der Waals surface area (Å²) in [5, 5.41) is 2.21. The SMILES string of the molecule is O=C(Nc1ccccc1I)OCC(F)(F)F. The number of hydrogen-bond donors (Lipinski definition) is 1. The quantitative estimate of drug-likeness (QED) is 0.835. The number of nitrogens with one attached hydrogen (secondary N) is 1. The van der Waals surface area contributed by atoms with Crippen molar-refractivity contribution in [2.75, 3.05) is 11.9 Å². The van der Waals surface area contributed by atoms with Gasteiger partial charge in [-0.05, 0) is 34.7 Å². The molecule has 7 heteroatoms. The second-order valence-electron chi connectivity index (χ2n) is 2.80. The lowest BCUT2D eigenvalue weighted by molar-refractivity contribution is -0.159. The van der Waals surface area contributed by atoms with Gasteiger partial charge >= 0.3 is 12.3 Å². The molecule has 1 aromatic rings. The number of carbonyl (C=O) groups excluding carboxylic acids is 1. The molecule has 0 bridgehead atoms. The number of amides is 1. The molecule has 0 aromatic heterocycles.